The Morgan fingerprint density at radius 3 is 2.44 bits per heavy atom. The molecular formula is C11H21NO6. The molecule has 0 radical (unpaired) electrons. The number of carbonyl (C=O) groups excluding carboxylic acids is 1. The van der Waals surface area contributed by atoms with Gasteiger partial charge in [0.2, 0.25) is 5.91 Å². The number of ether oxygens (including phenoxy) is 1. The highest BCUT2D eigenvalue weighted by molar-refractivity contribution is 5.73. The van der Waals surface area contributed by atoms with Gasteiger partial charge in [0.05, 0.1) is 6.10 Å². The number of nitrogens with one attached hydrogen (secondary N) is 1. The van der Waals surface area contributed by atoms with Crippen molar-refractivity contribution in [3.63, 3.8) is 0 Å². The fourth-order valence-corrected chi connectivity index (χ4v) is 2.21. The Hall–Kier alpha value is -0.730. The first kappa shape index (κ1) is 13.7. The van der Waals surface area contributed by atoms with Gasteiger partial charge < -0.3 is 30.5 Å². The minimum atomic E-state index is -1.95. The fourth-order valence-electron chi connectivity index (χ4n) is 2.21. The Kier molecular flexibility index (Phi) is 3.61. The average molecular weight is 264 g/mol. The Morgan fingerprint density at radius 2 is 2.00 bits per heavy atom. The largest absolute Gasteiger partial charge is 0.391 e. The zero-order chi connectivity index (χ0) is 15.0. The van der Waals surface area contributed by atoms with Gasteiger partial charge in [0.1, 0.15) is 23.3 Å². The molecule has 1 saturated heterocycles. The van der Waals surface area contributed by atoms with E-state index in [2.05, 4.69) is 5.32 Å². The molecule has 0 spiro atoms. The van der Waals surface area contributed by atoms with E-state index >= 15 is 0 Å². The second-order valence-corrected chi connectivity index (χ2v) is 5.03. The molecule has 1 fully saturated rings. The predicted octanol–water partition coefficient (Wildman–Crippen LogP) is -1.91. The quantitative estimate of drug-likeness (QED) is 0.397. The molecule has 6 atom stereocenters. The minimum Gasteiger partial charge on any atom is -0.391 e. The third-order valence-corrected chi connectivity index (χ3v) is 3.51. The van der Waals surface area contributed by atoms with E-state index in [0.717, 1.165) is 0 Å². The molecule has 1 amide bonds. The van der Waals surface area contributed by atoms with E-state index in [1.807, 2.05) is 0 Å². The summed E-state index contributed by atoms with van der Waals surface area (Å²) in [6.45, 7) is 3.24. The lowest BCUT2D eigenvalue weighted by Gasteiger charge is -2.54. The van der Waals surface area contributed by atoms with Crippen LogP contribution in [-0.2, 0) is 9.53 Å². The molecule has 1 aliphatic rings. The molecule has 0 bridgehead atoms. The van der Waals surface area contributed by atoms with Crippen LogP contribution >= 0.6 is 0 Å². The number of carbonyl (C=O) groups is 1. The zero-order valence-electron chi connectivity index (χ0n) is 11.6. The van der Waals surface area contributed by atoms with E-state index in [4.69, 9.17) is 6.11 Å². The molecule has 1 heterocycles. The summed E-state index contributed by atoms with van der Waals surface area (Å²) in [4.78, 5) is 11.2. The van der Waals surface area contributed by atoms with Crippen molar-refractivity contribution in [2.45, 2.75) is 63.4 Å². The molecule has 1 rings (SSSR count). The topological polar surface area (TPSA) is 119 Å². The normalized spacial score (nSPS) is 47.3. The number of amides is 1. The predicted molar refractivity (Wildman–Crippen MR) is 61.4 cm³/mol. The van der Waals surface area contributed by atoms with Crippen molar-refractivity contribution in [3.8, 4) is 0 Å². The second kappa shape index (κ2) is 4.75. The number of hydrogen-bond donors (Lipinski definition) is 5. The summed E-state index contributed by atoms with van der Waals surface area (Å²) in [5.41, 5.74) is -3.85. The summed E-state index contributed by atoms with van der Waals surface area (Å²) >= 11 is 0. The molecule has 5 N–H and O–H groups in total. The zero-order valence-corrected chi connectivity index (χ0v) is 10.6. The third-order valence-electron chi connectivity index (χ3n) is 3.51. The molecule has 0 aromatic rings. The lowest BCUT2D eigenvalue weighted by atomic mass is 9.72. The number of rotatable bonds is 2. The van der Waals surface area contributed by atoms with E-state index in [9.17, 15) is 25.2 Å². The van der Waals surface area contributed by atoms with Gasteiger partial charge in [0, 0.05) is 8.27 Å². The van der Waals surface area contributed by atoms with Gasteiger partial charge in [-0.3, -0.25) is 4.79 Å². The Morgan fingerprint density at radius 1 is 1.44 bits per heavy atom. The van der Waals surface area contributed by atoms with Crippen LogP contribution in [0.25, 0.3) is 0 Å². The molecule has 0 aliphatic carbocycles. The van der Waals surface area contributed by atoms with Gasteiger partial charge >= 0.3 is 0 Å². The maximum atomic E-state index is 11.2. The highest BCUT2D eigenvalue weighted by Gasteiger charge is 2.61. The maximum absolute atomic E-state index is 11.2. The lowest BCUT2D eigenvalue weighted by molar-refractivity contribution is -0.327. The molecule has 7 nitrogen and oxygen atoms in total. The van der Waals surface area contributed by atoms with E-state index in [0.29, 0.717) is 0 Å². The van der Waals surface area contributed by atoms with E-state index in [1.54, 1.807) is 0 Å². The first-order chi connectivity index (χ1) is 8.55. The first-order valence-corrected chi connectivity index (χ1v) is 5.60. The van der Waals surface area contributed by atoms with Crippen LogP contribution in [0.15, 0.2) is 0 Å². The van der Waals surface area contributed by atoms with E-state index in [-0.39, 0.29) is 0 Å². The van der Waals surface area contributed by atoms with Crippen LogP contribution in [0.4, 0.5) is 0 Å². The Bertz CT molecular complexity index is 346. The minimum absolute atomic E-state index is 0.582. The average Bonchev–Trinajstić information content (AvgIpc) is 2.29. The van der Waals surface area contributed by atoms with Crippen LogP contribution in [0.3, 0.4) is 0 Å². The monoisotopic (exact) mass is 264 g/mol. The molecule has 0 saturated carbocycles. The van der Waals surface area contributed by atoms with Crippen molar-refractivity contribution in [1.82, 2.24) is 5.32 Å². The summed E-state index contributed by atoms with van der Waals surface area (Å²) in [7, 11) is 0. The molecular weight excluding hydrogens is 242 g/mol. The smallest absolute Gasteiger partial charge is 0.217 e. The van der Waals surface area contributed by atoms with Crippen molar-refractivity contribution in [2.75, 3.05) is 0 Å². The molecule has 0 aromatic heterocycles. The molecule has 7 heteroatoms. The summed E-state index contributed by atoms with van der Waals surface area (Å²) < 4.78 is 12.0. The van der Waals surface area contributed by atoms with Gasteiger partial charge in [0.25, 0.3) is 0 Å². The standard InChI is InChI=1S/C11H21NO6/c1-5(13)8-11(4,17)10(3,16)7(9(15)18-8)12-6(2)14/h5,7-9,13,15-17H,1-4H3,(H,12,14)/t5?,7-,8+,9?,10+,11+/m0/s1/i2D. The van der Waals surface area contributed by atoms with Crippen molar-refractivity contribution in [2.24, 2.45) is 0 Å². The van der Waals surface area contributed by atoms with Gasteiger partial charge in [-0.1, -0.05) is 0 Å². The van der Waals surface area contributed by atoms with Crippen LogP contribution in [0.5, 0.6) is 0 Å². The summed E-state index contributed by atoms with van der Waals surface area (Å²) in [6, 6.07) is -1.31. The Balaban J connectivity index is 3.07. The molecule has 0 aromatic carbocycles. The lowest BCUT2D eigenvalue weighted by Crippen LogP contribution is -2.76. The highest BCUT2D eigenvalue weighted by atomic mass is 16.6. The van der Waals surface area contributed by atoms with Crippen molar-refractivity contribution in [1.29, 1.82) is 0 Å². The highest BCUT2D eigenvalue weighted by Crippen LogP contribution is 2.38. The SMILES string of the molecule is [2H]CC(=O)N[C@H]1C(O)O[C@H](C(C)O)[C@@](C)(O)[C@]1(C)O. The Labute approximate surface area is 107 Å². The van der Waals surface area contributed by atoms with E-state index < -0.39 is 48.5 Å². The number of aliphatic hydroxyl groups excluding tert-OH is 2. The molecule has 2 unspecified atom stereocenters. The van der Waals surface area contributed by atoms with Gasteiger partial charge in [-0.2, -0.15) is 0 Å². The van der Waals surface area contributed by atoms with Crippen LogP contribution in [0, 0.1) is 0 Å². The van der Waals surface area contributed by atoms with Gasteiger partial charge in [-0.25, -0.2) is 0 Å². The second-order valence-electron chi connectivity index (χ2n) is 5.03. The third kappa shape index (κ3) is 2.36. The molecule has 106 valence electrons. The fraction of sp³-hybridized carbons (Fsp3) is 0.909. The van der Waals surface area contributed by atoms with Gasteiger partial charge in [-0.15, -0.1) is 0 Å². The summed E-state index contributed by atoms with van der Waals surface area (Å²) in [5, 5.41) is 42.4. The van der Waals surface area contributed by atoms with Crippen LogP contribution < -0.4 is 5.32 Å². The maximum Gasteiger partial charge on any atom is 0.217 e. The van der Waals surface area contributed by atoms with E-state index in [1.165, 1.54) is 20.8 Å². The van der Waals surface area contributed by atoms with Gasteiger partial charge in [-0.05, 0) is 20.8 Å². The van der Waals surface area contributed by atoms with Crippen LogP contribution in [0.1, 0.15) is 29.0 Å². The van der Waals surface area contributed by atoms with Crippen molar-refractivity contribution < 1.29 is 31.3 Å². The number of aliphatic hydroxyl groups is 4. The summed E-state index contributed by atoms with van der Waals surface area (Å²) in [6.07, 6.45) is -3.96. The van der Waals surface area contributed by atoms with Crippen molar-refractivity contribution >= 4 is 5.91 Å². The van der Waals surface area contributed by atoms with Crippen LogP contribution in [0.2, 0.25) is 0 Å². The summed E-state index contributed by atoms with van der Waals surface area (Å²) in [5.74, 6) is -0.723. The number of hydrogen-bond acceptors (Lipinski definition) is 6. The molecule has 18 heavy (non-hydrogen) atoms. The first-order valence-electron chi connectivity index (χ1n) is 6.31. The molecule has 1 aliphatic heterocycles. The van der Waals surface area contributed by atoms with Crippen molar-refractivity contribution in [3.05, 3.63) is 0 Å². The van der Waals surface area contributed by atoms with Gasteiger partial charge in [0.15, 0.2) is 6.29 Å². The van der Waals surface area contributed by atoms with Crippen LogP contribution in [-0.4, -0.2) is 62.1 Å².